The van der Waals surface area contributed by atoms with E-state index in [9.17, 15) is 9.59 Å². The zero-order valence-electron chi connectivity index (χ0n) is 18.6. The summed E-state index contributed by atoms with van der Waals surface area (Å²) in [7, 11) is 0. The van der Waals surface area contributed by atoms with Gasteiger partial charge in [-0.25, -0.2) is 4.98 Å². The molecule has 0 fully saturated rings. The molecule has 2 aliphatic rings. The minimum Gasteiger partial charge on any atom is -0.469 e. The van der Waals surface area contributed by atoms with Gasteiger partial charge in [-0.3, -0.25) is 9.59 Å². The van der Waals surface area contributed by atoms with Crippen molar-refractivity contribution >= 4 is 17.5 Å². The molecule has 2 aromatic heterocycles. The number of hydrogen-bond acceptors (Lipinski definition) is 5. The number of dihydropyridines is 1. The average molecular weight is 440 g/mol. The number of carbonyl (C=O) groups is 2. The Bertz CT molecular complexity index is 1270. The van der Waals surface area contributed by atoms with E-state index in [1.807, 2.05) is 68.4 Å². The first-order chi connectivity index (χ1) is 16.0. The third-order valence-electron chi connectivity index (χ3n) is 6.28. The predicted octanol–water partition coefficient (Wildman–Crippen LogP) is 4.98. The van der Waals surface area contributed by atoms with Crippen LogP contribution in [0.3, 0.4) is 0 Å². The number of rotatable bonds is 4. The molecule has 0 bridgehead atoms. The van der Waals surface area contributed by atoms with Crippen molar-refractivity contribution in [3.8, 4) is 0 Å². The van der Waals surface area contributed by atoms with Gasteiger partial charge < -0.3 is 15.1 Å². The van der Waals surface area contributed by atoms with Gasteiger partial charge in [-0.1, -0.05) is 36.4 Å². The minimum atomic E-state index is -0.447. The highest BCUT2D eigenvalue weighted by molar-refractivity contribution is 6.09. The fourth-order valence-corrected chi connectivity index (χ4v) is 4.84. The van der Waals surface area contributed by atoms with Gasteiger partial charge in [0.15, 0.2) is 5.78 Å². The zero-order valence-corrected chi connectivity index (χ0v) is 18.6. The van der Waals surface area contributed by atoms with Crippen molar-refractivity contribution in [3.63, 3.8) is 0 Å². The van der Waals surface area contributed by atoms with Gasteiger partial charge in [-0.2, -0.15) is 0 Å². The molecule has 0 saturated heterocycles. The number of benzene rings is 1. The molecular formula is C27H25N3O3. The first kappa shape index (κ1) is 20.9. The monoisotopic (exact) mass is 439 g/mol. The summed E-state index contributed by atoms with van der Waals surface area (Å²) in [6.45, 7) is 3.77. The molecule has 0 radical (unpaired) electrons. The molecule has 5 rings (SSSR count). The summed E-state index contributed by atoms with van der Waals surface area (Å²) in [5.74, 6) is 0.598. The third-order valence-corrected chi connectivity index (χ3v) is 6.28. The number of aryl methyl sites for hydroxylation is 1. The second-order valence-corrected chi connectivity index (χ2v) is 8.56. The Morgan fingerprint density at radius 3 is 2.58 bits per heavy atom. The minimum absolute atomic E-state index is 0.0187. The summed E-state index contributed by atoms with van der Waals surface area (Å²) in [6, 6.07) is 19.0. The SMILES string of the molecule is CC1=C(C(=O)Nc2cccc(C)n2)[C@H](c2ccccc2)C2=C(C[C@@H](c3ccco3)CC2=O)N1. The zero-order chi connectivity index (χ0) is 22.9. The van der Waals surface area contributed by atoms with Crippen LogP contribution >= 0.6 is 0 Å². The number of amides is 1. The summed E-state index contributed by atoms with van der Waals surface area (Å²) in [4.78, 5) is 31.4. The van der Waals surface area contributed by atoms with Gasteiger partial charge in [0.2, 0.25) is 0 Å². The maximum atomic E-state index is 13.5. The van der Waals surface area contributed by atoms with Crippen LogP contribution in [0.15, 0.2) is 93.9 Å². The van der Waals surface area contributed by atoms with Gasteiger partial charge in [0.25, 0.3) is 5.91 Å². The van der Waals surface area contributed by atoms with Gasteiger partial charge in [0.1, 0.15) is 11.6 Å². The molecule has 2 N–H and O–H groups in total. The van der Waals surface area contributed by atoms with Crippen molar-refractivity contribution in [1.29, 1.82) is 0 Å². The fourth-order valence-electron chi connectivity index (χ4n) is 4.84. The molecule has 1 amide bonds. The number of nitrogens with one attached hydrogen (secondary N) is 2. The second kappa shape index (κ2) is 8.54. The van der Waals surface area contributed by atoms with Gasteiger partial charge in [0, 0.05) is 46.5 Å². The van der Waals surface area contributed by atoms with Crippen molar-refractivity contribution in [1.82, 2.24) is 10.3 Å². The van der Waals surface area contributed by atoms with Crippen molar-refractivity contribution < 1.29 is 14.0 Å². The molecule has 33 heavy (non-hydrogen) atoms. The van der Waals surface area contributed by atoms with Crippen LogP contribution in [0.4, 0.5) is 5.82 Å². The lowest BCUT2D eigenvalue weighted by Gasteiger charge is -2.36. The van der Waals surface area contributed by atoms with Gasteiger partial charge in [-0.05, 0) is 50.1 Å². The number of carbonyl (C=O) groups excluding carboxylic acids is 2. The largest absolute Gasteiger partial charge is 0.469 e. The smallest absolute Gasteiger partial charge is 0.255 e. The van der Waals surface area contributed by atoms with Crippen molar-refractivity contribution in [2.75, 3.05) is 5.32 Å². The van der Waals surface area contributed by atoms with E-state index in [4.69, 9.17) is 4.42 Å². The first-order valence-electron chi connectivity index (χ1n) is 11.1. The molecule has 3 aromatic rings. The lowest BCUT2D eigenvalue weighted by molar-refractivity contribution is -0.116. The van der Waals surface area contributed by atoms with Crippen molar-refractivity contribution in [2.45, 2.75) is 38.5 Å². The molecule has 1 aliphatic carbocycles. The van der Waals surface area contributed by atoms with E-state index in [0.717, 1.165) is 28.4 Å². The Kier molecular flexibility index (Phi) is 5.42. The Morgan fingerprint density at radius 1 is 1.03 bits per heavy atom. The molecule has 2 atom stereocenters. The molecule has 1 aromatic carbocycles. The van der Waals surface area contributed by atoms with Crippen LogP contribution in [0, 0.1) is 6.92 Å². The number of Topliss-reactive ketones (excluding diaryl/α,β-unsaturated/α-hetero) is 1. The van der Waals surface area contributed by atoms with E-state index in [2.05, 4.69) is 15.6 Å². The molecule has 0 spiro atoms. The number of hydrogen-bond donors (Lipinski definition) is 2. The van der Waals surface area contributed by atoms with Gasteiger partial charge in [-0.15, -0.1) is 0 Å². The topological polar surface area (TPSA) is 84.2 Å². The highest BCUT2D eigenvalue weighted by Crippen LogP contribution is 2.45. The standard InChI is InChI=1S/C27H25N3O3/c1-16-8-6-12-23(28-16)30-27(32)24-17(2)29-20-14-19(22-11-7-13-33-22)15-21(31)26(20)25(24)18-9-4-3-5-10-18/h3-13,19,25,29H,14-15H2,1-2H3,(H,28,30,32)/t19-,25+/m1/s1. The van der Waals surface area contributed by atoms with Crippen LogP contribution < -0.4 is 10.6 Å². The Labute approximate surface area is 192 Å². The summed E-state index contributed by atoms with van der Waals surface area (Å²) >= 11 is 0. The van der Waals surface area contributed by atoms with Gasteiger partial charge in [0.05, 0.1) is 6.26 Å². The van der Waals surface area contributed by atoms with E-state index < -0.39 is 5.92 Å². The van der Waals surface area contributed by atoms with Crippen LogP contribution in [0.2, 0.25) is 0 Å². The number of pyridine rings is 1. The molecule has 0 unspecified atom stereocenters. The van der Waals surface area contributed by atoms with E-state index >= 15 is 0 Å². The quantitative estimate of drug-likeness (QED) is 0.599. The van der Waals surface area contributed by atoms with Crippen molar-refractivity contribution in [3.05, 3.63) is 106 Å². The van der Waals surface area contributed by atoms with E-state index in [-0.39, 0.29) is 17.6 Å². The normalized spacial score (nSPS) is 20.4. The van der Waals surface area contributed by atoms with E-state index in [1.54, 1.807) is 12.3 Å². The first-order valence-corrected chi connectivity index (χ1v) is 11.1. The highest BCUT2D eigenvalue weighted by Gasteiger charge is 2.41. The lowest BCUT2D eigenvalue weighted by atomic mass is 9.72. The number of allylic oxidation sites excluding steroid dienone is 3. The number of anilines is 1. The molecule has 6 nitrogen and oxygen atoms in total. The number of aromatic nitrogens is 1. The van der Waals surface area contributed by atoms with Gasteiger partial charge >= 0.3 is 0 Å². The summed E-state index contributed by atoms with van der Waals surface area (Å²) < 4.78 is 5.59. The highest BCUT2D eigenvalue weighted by atomic mass is 16.3. The second-order valence-electron chi connectivity index (χ2n) is 8.56. The van der Waals surface area contributed by atoms with Crippen LogP contribution in [0.25, 0.3) is 0 Å². The Balaban J connectivity index is 1.55. The third kappa shape index (κ3) is 4.00. The molecule has 166 valence electrons. The maximum absolute atomic E-state index is 13.5. The van der Waals surface area contributed by atoms with Crippen LogP contribution in [0.1, 0.15) is 48.6 Å². The van der Waals surface area contributed by atoms with Crippen LogP contribution in [-0.4, -0.2) is 16.7 Å². The summed E-state index contributed by atoms with van der Waals surface area (Å²) in [5, 5.41) is 6.31. The maximum Gasteiger partial charge on any atom is 0.255 e. The number of furan rings is 1. The summed E-state index contributed by atoms with van der Waals surface area (Å²) in [5.41, 5.74) is 4.53. The lowest BCUT2D eigenvalue weighted by Crippen LogP contribution is -2.37. The van der Waals surface area contributed by atoms with Crippen LogP contribution in [0.5, 0.6) is 0 Å². The summed E-state index contributed by atoms with van der Waals surface area (Å²) in [6.07, 6.45) is 2.64. The van der Waals surface area contributed by atoms with Crippen LogP contribution in [-0.2, 0) is 9.59 Å². The van der Waals surface area contributed by atoms with Crippen molar-refractivity contribution in [2.24, 2.45) is 0 Å². The fraction of sp³-hybridized carbons (Fsp3) is 0.222. The molecular weight excluding hydrogens is 414 g/mol. The Morgan fingerprint density at radius 2 is 1.85 bits per heavy atom. The number of ketones is 1. The van der Waals surface area contributed by atoms with E-state index in [0.29, 0.717) is 29.8 Å². The Hall–Kier alpha value is -3.93. The molecule has 0 saturated carbocycles. The van der Waals surface area contributed by atoms with E-state index in [1.165, 1.54) is 0 Å². The molecule has 3 heterocycles. The number of nitrogens with zero attached hydrogens (tertiary/aromatic N) is 1. The molecule has 1 aliphatic heterocycles. The molecule has 6 heteroatoms. The average Bonchev–Trinajstić information content (AvgIpc) is 3.33. The predicted molar refractivity (Wildman–Crippen MR) is 125 cm³/mol.